The summed E-state index contributed by atoms with van der Waals surface area (Å²) in [4.78, 5) is 32.3. The van der Waals surface area contributed by atoms with Gasteiger partial charge in [-0.05, 0) is 79.6 Å². The van der Waals surface area contributed by atoms with Crippen LogP contribution in [-0.4, -0.2) is 51.6 Å². The molecule has 1 aliphatic rings. The van der Waals surface area contributed by atoms with Crippen molar-refractivity contribution in [2.45, 2.75) is 19.9 Å². The van der Waals surface area contributed by atoms with Gasteiger partial charge in [-0.3, -0.25) is 14.5 Å². The Kier molecular flexibility index (Phi) is 7.25. The summed E-state index contributed by atoms with van der Waals surface area (Å²) in [6.45, 7) is 4.30. The molecular formula is C30H33N3O4. The van der Waals surface area contributed by atoms with Crippen molar-refractivity contribution in [3.8, 4) is 5.75 Å². The minimum atomic E-state index is -0.784. The van der Waals surface area contributed by atoms with Crippen LogP contribution in [-0.2, 0) is 9.59 Å². The van der Waals surface area contributed by atoms with Crippen molar-refractivity contribution in [2.75, 3.05) is 49.5 Å². The number of ketones is 1. The first-order valence-corrected chi connectivity index (χ1v) is 12.2. The lowest BCUT2D eigenvalue weighted by atomic mass is 9.94. The Morgan fingerprint density at radius 3 is 1.97 bits per heavy atom. The van der Waals surface area contributed by atoms with E-state index in [1.807, 2.05) is 100 Å². The fourth-order valence-electron chi connectivity index (χ4n) is 4.55. The van der Waals surface area contributed by atoms with Gasteiger partial charge in [0.05, 0.1) is 18.2 Å². The van der Waals surface area contributed by atoms with Gasteiger partial charge in [-0.15, -0.1) is 0 Å². The number of Topliss-reactive ketones (excluding diaryl/α,β-unsaturated/α-hetero) is 1. The largest absolute Gasteiger partial charge is 0.507 e. The number of benzene rings is 3. The zero-order chi connectivity index (χ0) is 26.9. The minimum Gasteiger partial charge on any atom is -0.507 e. The smallest absolute Gasteiger partial charge is 0.300 e. The number of rotatable bonds is 7. The molecule has 37 heavy (non-hydrogen) atoms. The molecule has 4 rings (SSSR count). The van der Waals surface area contributed by atoms with Crippen LogP contribution < -0.4 is 19.4 Å². The molecule has 0 saturated carbocycles. The van der Waals surface area contributed by atoms with Gasteiger partial charge in [-0.2, -0.15) is 0 Å². The van der Waals surface area contributed by atoms with E-state index in [9.17, 15) is 14.7 Å². The Hall–Kier alpha value is -4.26. The van der Waals surface area contributed by atoms with Crippen molar-refractivity contribution < 1.29 is 19.4 Å². The van der Waals surface area contributed by atoms with Crippen LogP contribution in [0.5, 0.6) is 5.75 Å². The first-order valence-electron chi connectivity index (χ1n) is 12.2. The number of ether oxygens (including phenoxy) is 1. The minimum absolute atomic E-state index is 0.0582. The number of aliphatic hydroxyl groups excluding tert-OH is 1. The fraction of sp³-hybridized carbons (Fsp3) is 0.267. The normalized spacial score (nSPS) is 16.7. The molecular weight excluding hydrogens is 466 g/mol. The molecule has 0 aliphatic carbocycles. The lowest BCUT2D eigenvalue weighted by molar-refractivity contribution is -0.132. The molecule has 1 atom stereocenters. The maximum Gasteiger partial charge on any atom is 0.300 e. The van der Waals surface area contributed by atoms with Gasteiger partial charge in [-0.25, -0.2) is 0 Å². The maximum atomic E-state index is 13.4. The second kappa shape index (κ2) is 10.4. The third-order valence-corrected chi connectivity index (χ3v) is 6.56. The maximum absolute atomic E-state index is 13.4. The van der Waals surface area contributed by atoms with Gasteiger partial charge >= 0.3 is 0 Å². The van der Waals surface area contributed by atoms with E-state index in [-0.39, 0.29) is 11.3 Å². The Morgan fingerprint density at radius 2 is 1.46 bits per heavy atom. The van der Waals surface area contributed by atoms with E-state index in [0.717, 1.165) is 22.5 Å². The molecule has 1 unspecified atom stereocenters. The average molecular weight is 500 g/mol. The summed E-state index contributed by atoms with van der Waals surface area (Å²) in [5.41, 5.74) is 4.60. The zero-order valence-electron chi connectivity index (χ0n) is 22.1. The van der Waals surface area contributed by atoms with Crippen molar-refractivity contribution in [3.63, 3.8) is 0 Å². The summed E-state index contributed by atoms with van der Waals surface area (Å²) in [5.74, 6) is -0.902. The molecule has 0 aromatic heterocycles. The van der Waals surface area contributed by atoms with E-state index in [2.05, 4.69) is 0 Å². The summed E-state index contributed by atoms with van der Waals surface area (Å²) in [6.07, 6.45) is 0. The molecule has 3 aromatic carbocycles. The summed E-state index contributed by atoms with van der Waals surface area (Å²) >= 11 is 0. The van der Waals surface area contributed by atoms with Gasteiger partial charge in [0.15, 0.2) is 0 Å². The molecule has 1 saturated heterocycles. The predicted molar refractivity (Wildman–Crippen MR) is 149 cm³/mol. The molecule has 0 bridgehead atoms. The summed E-state index contributed by atoms with van der Waals surface area (Å²) in [5, 5.41) is 11.4. The molecule has 0 radical (unpaired) electrons. The highest BCUT2D eigenvalue weighted by molar-refractivity contribution is 6.51. The monoisotopic (exact) mass is 499 g/mol. The van der Waals surface area contributed by atoms with Crippen molar-refractivity contribution >= 4 is 34.5 Å². The van der Waals surface area contributed by atoms with Gasteiger partial charge in [0.2, 0.25) is 0 Å². The number of aryl methyl sites for hydroxylation is 1. The van der Waals surface area contributed by atoms with Crippen LogP contribution in [0.4, 0.5) is 17.1 Å². The van der Waals surface area contributed by atoms with E-state index in [0.29, 0.717) is 23.6 Å². The first-order chi connectivity index (χ1) is 17.6. The van der Waals surface area contributed by atoms with Gasteiger partial charge in [-0.1, -0.05) is 12.1 Å². The Bertz CT molecular complexity index is 1340. The fourth-order valence-corrected chi connectivity index (χ4v) is 4.55. The average Bonchev–Trinajstić information content (AvgIpc) is 3.15. The van der Waals surface area contributed by atoms with Crippen LogP contribution in [0.2, 0.25) is 0 Å². The Balaban J connectivity index is 1.88. The van der Waals surface area contributed by atoms with Gasteiger partial charge in [0.1, 0.15) is 11.5 Å². The van der Waals surface area contributed by atoms with Crippen LogP contribution in [0.1, 0.15) is 29.7 Å². The molecule has 1 N–H and O–H groups in total. The number of hydrogen-bond donors (Lipinski definition) is 1. The molecule has 1 aliphatic heterocycles. The summed E-state index contributed by atoms with van der Waals surface area (Å²) < 4.78 is 5.62. The van der Waals surface area contributed by atoms with Crippen LogP contribution in [0.25, 0.3) is 5.76 Å². The molecule has 1 heterocycles. The number of amides is 1. The van der Waals surface area contributed by atoms with Crippen molar-refractivity contribution in [3.05, 3.63) is 89.0 Å². The molecule has 1 amide bonds. The predicted octanol–water partition coefficient (Wildman–Crippen LogP) is 5.15. The third-order valence-electron chi connectivity index (χ3n) is 6.56. The number of carbonyl (C=O) groups is 2. The van der Waals surface area contributed by atoms with Gasteiger partial charge in [0.25, 0.3) is 11.7 Å². The number of anilines is 3. The zero-order valence-corrected chi connectivity index (χ0v) is 22.1. The van der Waals surface area contributed by atoms with Crippen molar-refractivity contribution in [2.24, 2.45) is 0 Å². The van der Waals surface area contributed by atoms with Gasteiger partial charge < -0.3 is 19.6 Å². The van der Waals surface area contributed by atoms with Crippen molar-refractivity contribution in [1.29, 1.82) is 0 Å². The topological polar surface area (TPSA) is 73.3 Å². The second-order valence-electron chi connectivity index (χ2n) is 9.48. The SMILES string of the molecule is CCOc1ccc(/C(O)=C2/C(=O)C(=O)N(c3ccc(N(C)C)cc3)C2c2ccc(N(C)C)cc2)cc1C. The second-order valence-corrected chi connectivity index (χ2v) is 9.48. The molecule has 0 spiro atoms. The molecule has 7 heteroatoms. The van der Waals surface area contributed by atoms with Crippen LogP contribution in [0, 0.1) is 6.92 Å². The lowest BCUT2D eigenvalue weighted by Gasteiger charge is -2.26. The van der Waals surface area contributed by atoms with Crippen LogP contribution in [0.15, 0.2) is 72.3 Å². The van der Waals surface area contributed by atoms with Crippen LogP contribution in [0.3, 0.4) is 0 Å². The Labute approximate surface area is 218 Å². The third kappa shape index (κ3) is 4.89. The first kappa shape index (κ1) is 25.8. The lowest BCUT2D eigenvalue weighted by Crippen LogP contribution is -2.29. The number of hydrogen-bond acceptors (Lipinski definition) is 6. The molecule has 192 valence electrons. The Morgan fingerprint density at radius 1 is 0.892 bits per heavy atom. The van der Waals surface area contributed by atoms with Gasteiger partial charge in [0, 0.05) is 50.8 Å². The van der Waals surface area contributed by atoms with E-state index >= 15 is 0 Å². The van der Waals surface area contributed by atoms with E-state index in [4.69, 9.17) is 4.74 Å². The number of aliphatic hydroxyl groups is 1. The van der Waals surface area contributed by atoms with E-state index in [1.54, 1.807) is 18.2 Å². The van der Waals surface area contributed by atoms with Crippen molar-refractivity contribution in [1.82, 2.24) is 0 Å². The summed E-state index contributed by atoms with van der Waals surface area (Å²) in [7, 11) is 7.77. The highest BCUT2D eigenvalue weighted by Gasteiger charge is 2.47. The molecule has 3 aromatic rings. The highest BCUT2D eigenvalue weighted by atomic mass is 16.5. The standard InChI is InChI=1S/C30H33N3O4/c1-7-37-25-17-10-21(18-19(25)2)28(34)26-27(20-8-11-22(12-9-20)31(3)4)33(30(36)29(26)35)24-15-13-23(14-16-24)32(5)6/h8-18,27,34H,7H2,1-6H3/b28-26-. The quantitative estimate of drug-likeness (QED) is 0.275. The number of nitrogens with zero attached hydrogens (tertiary/aromatic N) is 3. The molecule has 7 nitrogen and oxygen atoms in total. The summed E-state index contributed by atoms with van der Waals surface area (Å²) in [6, 6.07) is 19.6. The molecule has 1 fully saturated rings. The highest BCUT2D eigenvalue weighted by Crippen LogP contribution is 2.43. The van der Waals surface area contributed by atoms with E-state index < -0.39 is 17.7 Å². The van der Waals surface area contributed by atoms with E-state index in [1.165, 1.54) is 4.90 Å². The van der Waals surface area contributed by atoms with Crippen LogP contribution >= 0.6 is 0 Å². The number of carbonyl (C=O) groups excluding carboxylic acids is 2.